The molecule has 27 heavy (non-hydrogen) atoms. The Morgan fingerprint density at radius 3 is 2.11 bits per heavy atom. The monoisotopic (exact) mass is 376 g/mol. The molecule has 0 spiro atoms. The Bertz CT molecular complexity index is 991. The standard InChI is InChI=1S/C21H16N2O3S/c1-22(13-16-5-4-12-27-16)19(24)14-8-10-15(11-9-14)23-20(25)17-6-2-3-7-18(17)21(23)26/h2-12H,13H2,1H3. The number of benzene rings is 2. The van der Waals surface area contributed by atoms with Gasteiger partial charge in [-0.3, -0.25) is 14.4 Å². The van der Waals surface area contributed by atoms with Crippen LogP contribution in [0.25, 0.3) is 0 Å². The van der Waals surface area contributed by atoms with Crippen molar-refractivity contribution in [3.05, 3.63) is 87.6 Å². The van der Waals surface area contributed by atoms with E-state index in [-0.39, 0.29) is 17.7 Å². The van der Waals surface area contributed by atoms with Crippen LogP contribution >= 0.6 is 11.3 Å². The van der Waals surface area contributed by atoms with Gasteiger partial charge in [0, 0.05) is 17.5 Å². The molecule has 1 aromatic heterocycles. The largest absolute Gasteiger partial charge is 0.337 e. The second kappa shape index (κ2) is 6.81. The number of carbonyl (C=O) groups is 3. The molecule has 2 aromatic carbocycles. The lowest BCUT2D eigenvalue weighted by Crippen LogP contribution is -2.29. The number of anilines is 1. The first kappa shape index (κ1) is 17.2. The molecule has 0 atom stereocenters. The Morgan fingerprint density at radius 2 is 1.56 bits per heavy atom. The molecule has 0 unspecified atom stereocenters. The number of carbonyl (C=O) groups excluding carboxylic acids is 3. The zero-order chi connectivity index (χ0) is 19.0. The van der Waals surface area contributed by atoms with Gasteiger partial charge in [0.25, 0.3) is 17.7 Å². The van der Waals surface area contributed by atoms with Crippen molar-refractivity contribution in [3.63, 3.8) is 0 Å². The molecule has 3 amide bonds. The fourth-order valence-electron chi connectivity index (χ4n) is 3.11. The first-order chi connectivity index (χ1) is 13.1. The molecule has 0 N–H and O–H groups in total. The molecular weight excluding hydrogens is 360 g/mol. The lowest BCUT2D eigenvalue weighted by atomic mass is 10.1. The van der Waals surface area contributed by atoms with Gasteiger partial charge in [-0.2, -0.15) is 0 Å². The van der Waals surface area contributed by atoms with Crippen LogP contribution in [0.1, 0.15) is 36.0 Å². The molecule has 0 aliphatic carbocycles. The van der Waals surface area contributed by atoms with E-state index in [1.165, 1.54) is 0 Å². The van der Waals surface area contributed by atoms with E-state index in [1.54, 1.807) is 71.8 Å². The van der Waals surface area contributed by atoms with Gasteiger partial charge >= 0.3 is 0 Å². The first-order valence-corrected chi connectivity index (χ1v) is 9.30. The molecule has 2 heterocycles. The molecule has 1 aliphatic rings. The van der Waals surface area contributed by atoms with Crippen LogP contribution in [-0.4, -0.2) is 29.7 Å². The molecule has 5 nitrogen and oxygen atoms in total. The zero-order valence-corrected chi connectivity index (χ0v) is 15.4. The summed E-state index contributed by atoms with van der Waals surface area (Å²) in [4.78, 5) is 41.6. The molecule has 0 bridgehead atoms. The van der Waals surface area contributed by atoms with E-state index in [9.17, 15) is 14.4 Å². The van der Waals surface area contributed by atoms with Crippen molar-refractivity contribution in [3.8, 4) is 0 Å². The summed E-state index contributed by atoms with van der Waals surface area (Å²) in [6.07, 6.45) is 0. The topological polar surface area (TPSA) is 57.7 Å². The van der Waals surface area contributed by atoms with Gasteiger partial charge in [-0.1, -0.05) is 18.2 Å². The highest BCUT2D eigenvalue weighted by atomic mass is 32.1. The molecule has 1 aliphatic heterocycles. The smallest absolute Gasteiger partial charge is 0.266 e. The summed E-state index contributed by atoms with van der Waals surface area (Å²) in [5, 5.41) is 1.98. The highest BCUT2D eigenvalue weighted by Gasteiger charge is 2.36. The van der Waals surface area contributed by atoms with Crippen LogP contribution in [0.15, 0.2) is 66.0 Å². The van der Waals surface area contributed by atoms with E-state index >= 15 is 0 Å². The number of fused-ring (bicyclic) bond motifs is 1. The number of thiophene rings is 1. The predicted molar refractivity (Wildman–Crippen MR) is 104 cm³/mol. The lowest BCUT2D eigenvalue weighted by molar-refractivity contribution is 0.0786. The third kappa shape index (κ3) is 3.04. The minimum absolute atomic E-state index is 0.114. The van der Waals surface area contributed by atoms with E-state index in [1.807, 2.05) is 17.5 Å². The van der Waals surface area contributed by atoms with Gasteiger partial charge in [0.2, 0.25) is 0 Å². The van der Waals surface area contributed by atoms with E-state index in [0.717, 1.165) is 9.78 Å². The van der Waals surface area contributed by atoms with E-state index in [0.29, 0.717) is 28.9 Å². The third-order valence-corrected chi connectivity index (χ3v) is 5.35. The maximum absolute atomic E-state index is 12.6. The van der Waals surface area contributed by atoms with Gasteiger partial charge in [0.15, 0.2) is 0 Å². The van der Waals surface area contributed by atoms with Gasteiger partial charge < -0.3 is 4.90 Å². The Hall–Kier alpha value is -3.25. The van der Waals surface area contributed by atoms with Crippen LogP contribution in [0, 0.1) is 0 Å². The maximum atomic E-state index is 12.6. The number of amides is 3. The van der Waals surface area contributed by atoms with Gasteiger partial charge in [0.1, 0.15) is 0 Å². The summed E-state index contributed by atoms with van der Waals surface area (Å²) in [7, 11) is 1.75. The van der Waals surface area contributed by atoms with Crippen molar-refractivity contribution in [2.45, 2.75) is 6.54 Å². The Morgan fingerprint density at radius 1 is 0.926 bits per heavy atom. The molecule has 6 heteroatoms. The normalized spacial score (nSPS) is 13.0. The van der Waals surface area contributed by atoms with Crippen LogP contribution in [0.4, 0.5) is 5.69 Å². The van der Waals surface area contributed by atoms with Gasteiger partial charge in [-0.05, 0) is 47.8 Å². The molecule has 0 fully saturated rings. The van der Waals surface area contributed by atoms with Crippen molar-refractivity contribution in [1.82, 2.24) is 4.90 Å². The van der Waals surface area contributed by atoms with Crippen LogP contribution in [0.5, 0.6) is 0 Å². The fraction of sp³-hybridized carbons (Fsp3) is 0.0952. The van der Waals surface area contributed by atoms with E-state index < -0.39 is 0 Å². The third-order valence-electron chi connectivity index (χ3n) is 4.49. The van der Waals surface area contributed by atoms with Gasteiger partial charge in [-0.25, -0.2) is 4.90 Å². The lowest BCUT2D eigenvalue weighted by Gasteiger charge is -2.18. The number of hydrogen-bond donors (Lipinski definition) is 0. The maximum Gasteiger partial charge on any atom is 0.266 e. The van der Waals surface area contributed by atoms with Crippen molar-refractivity contribution in [2.75, 3.05) is 11.9 Å². The zero-order valence-electron chi connectivity index (χ0n) is 14.6. The molecule has 4 rings (SSSR count). The fourth-order valence-corrected chi connectivity index (χ4v) is 3.86. The SMILES string of the molecule is CN(Cc1cccs1)C(=O)c1ccc(N2C(=O)c3ccccc3C2=O)cc1. The molecule has 0 saturated heterocycles. The minimum atomic E-state index is -0.343. The quantitative estimate of drug-likeness (QED) is 0.651. The Labute approximate surface area is 160 Å². The average Bonchev–Trinajstić information content (AvgIpc) is 3.29. The molecule has 0 saturated carbocycles. The summed E-state index contributed by atoms with van der Waals surface area (Å²) in [5.74, 6) is -0.800. The Balaban J connectivity index is 1.54. The Kier molecular flexibility index (Phi) is 4.33. The highest BCUT2D eigenvalue weighted by molar-refractivity contribution is 7.09. The van der Waals surface area contributed by atoms with E-state index in [2.05, 4.69) is 0 Å². The van der Waals surface area contributed by atoms with Crippen molar-refractivity contribution in [1.29, 1.82) is 0 Å². The molecule has 3 aromatic rings. The first-order valence-electron chi connectivity index (χ1n) is 8.42. The van der Waals surface area contributed by atoms with E-state index in [4.69, 9.17) is 0 Å². The minimum Gasteiger partial charge on any atom is -0.337 e. The van der Waals surface area contributed by atoms with Crippen LogP contribution < -0.4 is 4.90 Å². The summed E-state index contributed by atoms with van der Waals surface area (Å²) < 4.78 is 0. The summed E-state index contributed by atoms with van der Waals surface area (Å²) >= 11 is 1.60. The number of rotatable bonds is 4. The van der Waals surface area contributed by atoms with Crippen molar-refractivity contribution < 1.29 is 14.4 Å². The van der Waals surface area contributed by atoms with Crippen molar-refractivity contribution in [2.24, 2.45) is 0 Å². The van der Waals surface area contributed by atoms with Crippen LogP contribution in [0.2, 0.25) is 0 Å². The predicted octanol–water partition coefficient (Wildman–Crippen LogP) is 3.82. The molecule has 0 radical (unpaired) electrons. The highest BCUT2D eigenvalue weighted by Crippen LogP contribution is 2.28. The number of nitrogens with zero attached hydrogens (tertiary/aromatic N) is 2. The number of hydrogen-bond acceptors (Lipinski definition) is 4. The van der Waals surface area contributed by atoms with Gasteiger partial charge in [0.05, 0.1) is 23.4 Å². The summed E-state index contributed by atoms with van der Waals surface area (Å²) in [6, 6.07) is 17.3. The molecule has 134 valence electrons. The van der Waals surface area contributed by atoms with Crippen LogP contribution in [-0.2, 0) is 6.54 Å². The average molecular weight is 376 g/mol. The second-order valence-electron chi connectivity index (χ2n) is 6.28. The van der Waals surface area contributed by atoms with Crippen LogP contribution in [0.3, 0.4) is 0 Å². The van der Waals surface area contributed by atoms with Gasteiger partial charge in [-0.15, -0.1) is 11.3 Å². The summed E-state index contributed by atoms with van der Waals surface area (Å²) in [6.45, 7) is 0.538. The second-order valence-corrected chi connectivity index (χ2v) is 7.31. The number of imide groups is 1. The molecular formula is C21H16N2O3S. The summed E-state index contributed by atoms with van der Waals surface area (Å²) in [5.41, 5.74) is 1.77. The van der Waals surface area contributed by atoms with Crippen molar-refractivity contribution >= 4 is 34.7 Å².